The molecule has 94 valence electrons. The van der Waals surface area contributed by atoms with Crippen molar-refractivity contribution < 1.29 is 9.53 Å². The molecular formula is C12H24N2O2. The van der Waals surface area contributed by atoms with Gasteiger partial charge >= 0.3 is 5.97 Å². The molecule has 0 bridgehead atoms. The van der Waals surface area contributed by atoms with Gasteiger partial charge in [-0.3, -0.25) is 4.79 Å². The molecule has 16 heavy (non-hydrogen) atoms. The highest BCUT2D eigenvalue weighted by Crippen LogP contribution is 2.18. The first-order valence-corrected chi connectivity index (χ1v) is 5.89. The first kappa shape index (κ1) is 13.5. The van der Waals surface area contributed by atoms with Gasteiger partial charge in [-0.15, -0.1) is 0 Å². The average molecular weight is 228 g/mol. The van der Waals surface area contributed by atoms with E-state index in [2.05, 4.69) is 10.2 Å². The van der Waals surface area contributed by atoms with Gasteiger partial charge in [-0.1, -0.05) is 0 Å². The fraction of sp³-hybridized carbons (Fsp3) is 0.917. The topological polar surface area (TPSA) is 41.6 Å². The molecule has 1 aliphatic rings. The Morgan fingerprint density at radius 3 is 2.44 bits per heavy atom. The Kier molecular flexibility index (Phi) is 4.33. The minimum absolute atomic E-state index is 0.0135. The maximum absolute atomic E-state index is 11.9. The summed E-state index contributed by atoms with van der Waals surface area (Å²) in [6.07, 6.45) is 0.884. The third-order valence-corrected chi connectivity index (χ3v) is 2.80. The fourth-order valence-electron chi connectivity index (χ4n) is 1.88. The lowest BCUT2D eigenvalue weighted by molar-refractivity contribution is -0.161. The summed E-state index contributed by atoms with van der Waals surface area (Å²) in [7, 11) is 4.09. The zero-order valence-corrected chi connectivity index (χ0v) is 11.0. The van der Waals surface area contributed by atoms with Crippen LogP contribution in [0.15, 0.2) is 0 Å². The highest BCUT2D eigenvalue weighted by Gasteiger charge is 2.31. The number of nitrogens with zero attached hydrogens (tertiary/aromatic N) is 1. The molecule has 0 aromatic carbocycles. The summed E-state index contributed by atoms with van der Waals surface area (Å²) in [6.45, 7) is 7.41. The van der Waals surface area contributed by atoms with Gasteiger partial charge in [0.25, 0.3) is 0 Å². The van der Waals surface area contributed by atoms with Crippen molar-refractivity contribution in [1.82, 2.24) is 10.2 Å². The van der Waals surface area contributed by atoms with Crippen LogP contribution in [0.25, 0.3) is 0 Å². The van der Waals surface area contributed by atoms with Gasteiger partial charge < -0.3 is 15.0 Å². The van der Waals surface area contributed by atoms with E-state index in [4.69, 9.17) is 4.74 Å². The van der Waals surface area contributed by atoms with Crippen LogP contribution < -0.4 is 5.32 Å². The van der Waals surface area contributed by atoms with E-state index in [9.17, 15) is 4.79 Å². The van der Waals surface area contributed by atoms with Crippen molar-refractivity contribution in [3.63, 3.8) is 0 Å². The lowest BCUT2D eigenvalue weighted by Crippen LogP contribution is -2.49. The van der Waals surface area contributed by atoms with Crippen molar-refractivity contribution >= 4 is 5.97 Å². The van der Waals surface area contributed by atoms with Crippen molar-refractivity contribution in [2.24, 2.45) is 5.92 Å². The summed E-state index contributed by atoms with van der Waals surface area (Å²) in [5.74, 6) is -0.0908. The largest absolute Gasteiger partial charge is 0.460 e. The van der Waals surface area contributed by atoms with Gasteiger partial charge in [0.15, 0.2) is 0 Å². The summed E-state index contributed by atoms with van der Waals surface area (Å²) >= 11 is 0. The fourth-order valence-corrected chi connectivity index (χ4v) is 1.88. The molecule has 0 aliphatic carbocycles. The lowest BCUT2D eigenvalue weighted by atomic mass is 9.95. The molecule has 0 aromatic heterocycles. The van der Waals surface area contributed by atoms with E-state index in [0.717, 1.165) is 19.5 Å². The number of piperidine rings is 1. The van der Waals surface area contributed by atoms with Gasteiger partial charge in [0.1, 0.15) is 5.60 Å². The van der Waals surface area contributed by atoms with E-state index in [1.807, 2.05) is 34.9 Å². The van der Waals surface area contributed by atoms with Gasteiger partial charge in [0.2, 0.25) is 0 Å². The number of rotatable bonds is 2. The van der Waals surface area contributed by atoms with E-state index < -0.39 is 0 Å². The minimum Gasteiger partial charge on any atom is -0.460 e. The second-order valence-corrected chi connectivity index (χ2v) is 5.74. The third kappa shape index (κ3) is 4.10. The maximum atomic E-state index is 11.9. The molecule has 1 N–H and O–H groups in total. The van der Waals surface area contributed by atoms with Crippen LogP contribution in [-0.2, 0) is 9.53 Å². The Morgan fingerprint density at radius 1 is 1.31 bits per heavy atom. The Balaban J connectivity index is 2.50. The van der Waals surface area contributed by atoms with Crippen LogP contribution in [0.5, 0.6) is 0 Å². The molecule has 0 radical (unpaired) electrons. The normalized spacial score (nSPS) is 26.9. The Hall–Kier alpha value is -0.610. The van der Waals surface area contributed by atoms with Crippen molar-refractivity contribution in [2.45, 2.75) is 38.8 Å². The molecule has 0 amide bonds. The summed E-state index contributed by atoms with van der Waals surface area (Å²) in [4.78, 5) is 14.1. The predicted octanol–water partition coefficient (Wildman–Crippen LogP) is 0.868. The second kappa shape index (κ2) is 5.15. The number of hydrogen-bond donors (Lipinski definition) is 1. The number of likely N-dealkylation sites (N-methyl/N-ethyl adjacent to an activating group) is 1. The molecule has 4 nitrogen and oxygen atoms in total. The highest BCUT2D eigenvalue weighted by molar-refractivity contribution is 5.73. The number of carbonyl (C=O) groups is 1. The van der Waals surface area contributed by atoms with Crippen molar-refractivity contribution in [2.75, 3.05) is 27.2 Å². The van der Waals surface area contributed by atoms with Crippen LogP contribution >= 0.6 is 0 Å². The summed E-state index contributed by atoms with van der Waals surface area (Å²) in [6, 6.07) is 0.422. The summed E-state index contributed by atoms with van der Waals surface area (Å²) in [5.41, 5.74) is -0.387. The summed E-state index contributed by atoms with van der Waals surface area (Å²) in [5, 5.41) is 3.29. The maximum Gasteiger partial charge on any atom is 0.310 e. The molecule has 0 spiro atoms. The lowest BCUT2D eigenvalue weighted by Gasteiger charge is -2.34. The molecule has 1 rings (SSSR count). The first-order valence-electron chi connectivity index (χ1n) is 5.89. The molecule has 0 unspecified atom stereocenters. The molecule has 1 heterocycles. The van der Waals surface area contributed by atoms with Crippen LogP contribution in [0.3, 0.4) is 0 Å². The average Bonchev–Trinajstić information content (AvgIpc) is 2.15. The quantitative estimate of drug-likeness (QED) is 0.712. The van der Waals surface area contributed by atoms with Crippen LogP contribution in [0.4, 0.5) is 0 Å². The molecule has 1 fully saturated rings. The van der Waals surface area contributed by atoms with E-state index >= 15 is 0 Å². The molecule has 0 saturated carbocycles. The zero-order chi connectivity index (χ0) is 12.3. The SMILES string of the molecule is CN(C)[C@@H]1CNC[C@@H](C(=O)OC(C)(C)C)C1. The minimum atomic E-state index is -0.387. The number of carbonyl (C=O) groups excluding carboxylic acids is 1. The number of nitrogens with one attached hydrogen (secondary N) is 1. The van der Waals surface area contributed by atoms with Crippen molar-refractivity contribution in [1.29, 1.82) is 0 Å². The zero-order valence-electron chi connectivity index (χ0n) is 11.0. The third-order valence-electron chi connectivity index (χ3n) is 2.80. The molecular weight excluding hydrogens is 204 g/mol. The molecule has 1 aliphatic heterocycles. The van der Waals surface area contributed by atoms with Crippen molar-refractivity contribution in [3.8, 4) is 0 Å². The second-order valence-electron chi connectivity index (χ2n) is 5.74. The Bertz CT molecular complexity index is 246. The Morgan fingerprint density at radius 2 is 1.94 bits per heavy atom. The van der Waals surface area contributed by atoms with Gasteiger partial charge in [-0.2, -0.15) is 0 Å². The van der Waals surface area contributed by atoms with Gasteiger partial charge in [0.05, 0.1) is 5.92 Å². The van der Waals surface area contributed by atoms with Gasteiger partial charge in [0, 0.05) is 19.1 Å². The van der Waals surface area contributed by atoms with E-state index in [1.54, 1.807) is 0 Å². The van der Waals surface area contributed by atoms with Gasteiger partial charge in [-0.25, -0.2) is 0 Å². The first-order chi connectivity index (χ1) is 7.29. The van der Waals surface area contributed by atoms with Crippen molar-refractivity contribution in [3.05, 3.63) is 0 Å². The number of ether oxygens (including phenoxy) is 1. The molecule has 1 saturated heterocycles. The standard InChI is InChI=1S/C12H24N2O2/c1-12(2,3)16-11(15)9-6-10(14(4)5)8-13-7-9/h9-10,13H,6-8H2,1-5H3/t9-,10-/m0/s1. The smallest absolute Gasteiger partial charge is 0.310 e. The predicted molar refractivity (Wildman–Crippen MR) is 64.3 cm³/mol. The highest BCUT2D eigenvalue weighted by atomic mass is 16.6. The van der Waals surface area contributed by atoms with E-state index in [-0.39, 0.29) is 17.5 Å². The number of hydrogen-bond acceptors (Lipinski definition) is 4. The van der Waals surface area contributed by atoms with E-state index in [0.29, 0.717) is 6.04 Å². The van der Waals surface area contributed by atoms with Gasteiger partial charge in [-0.05, 0) is 41.3 Å². The molecule has 4 heteroatoms. The summed E-state index contributed by atoms with van der Waals surface area (Å²) < 4.78 is 5.41. The van der Waals surface area contributed by atoms with Crippen LogP contribution in [-0.4, -0.2) is 49.7 Å². The van der Waals surface area contributed by atoms with Crippen LogP contribution in [0.1, 0.15) is 27.2 Å². The molecule has 2 atom stereocenters. The van der Waals surface area contributed by atoms with Crippen LogP contribution in [0.2, 0.25) is 0 Å². The Labute approximate surface area is 98.3 Å². The van der Waals surface area contributed by atoms with Crippen LogP contribution in [0, 0.1) is 5.92 Å². The van der Waals surface area contributed by atoms with E-state index in [1.165, 1.54) is 0 Å². The monoisotopic (exact) mass is 228 g/mol. The molecule has 0 aromatic rings. The number of esters is 1.